The van der Waals surface area contributed by atoms with E-state index in [0.29, 0.717) is 11.1 Å². The number of halogens is 1. The van der Waals surface area contributed by atoms with Crippen molar-refractivity contribution >= 4 is 61.7 Å². The minimum atomic E-state index is -3.13. The normalized spacial score (nSPS) is 14.7. The molecule has 2 atom stereocenters. The molecular weight excluding hydrogens is 788 g/mol. The molecule has 4 nitrogen and oxygen atoms in total. The molecule has 12 rings (SSSR count). The maximum Gasteiger partial charge on any atom is 0.180 e. The number of aromatic nitrogens is 4. The number of pyridine rings is 1. The highest BCUT2D eigenvalue weighted by Crippen LogP contribution is 2.42. The molecule has 1 aliphatic heterocycles. The highest BCUT2D eigenvalue weighted by Gasteiger charge is 2.50. The fourth-order valence-corrected chi connectivity index (χ4v) is 15.8. The number of hydrogen-bond acceptors (Lipinski definition) is 2. The summed E-state index contributed by atoms with van der Waals surface area (Å²) in [7, 11) is -1.11. The summed E-state index contributed by atoms with van der Waals surface area (Å²) in [5, 5.41) is 7.48. The smallest absolute Gasteiger partial charge is 0.180 e. The minimum absolute atomic E-state index is 0.258. The van der Waals surface area contributed by atoms with Crippen LogP contribution in [0.15, 0.2) is 219 Å². The van der Waals surface area contributed by atoms with Crippen LogP contribution in [0.3, 0.4) is 0 Å². The van der Waals surface area contributed by atoms with Gasteiger partial charge >= 0.3 is 0 Å². The van der Waals surface area contributed by atoms with Gasteiger partial charge in [0.15, 0.2) is 14.2 Å². The fraction of sp³-hybridized carbons (Fsp3) is 0.0526. The van der Waals surface area contributed by atoms with Gasteiger partial charge in [-0.15, -0.1) is 0 Å². The molecule has 11 aromatic rings. The molecular formula is C57H41FN4Si. The van der Waals surface area contributed by atoms with E-state index < -0.39 is 14.2 Å². The fourth-order valence-electron chi connectivity index (χ4n) is 10.5. The van der Waals surface area contributed by atoms with E-state index in [1.807, 2.05) is 67.8 Å². The SMILES string of the molecule is Cn1c(-c2cccc(C(F)c3ccc4c(c3)C(c3ccccn3)c3cc5c6ccccc6n(-c6ccccc6)c5cc3[Si]4(c3ccccc3)c3ccccc3)c2)nc2ccccc21. The van der Waals surface area contributed by atoms with Crippen LogP contribution in [0, 0.1) is 0 Å². The lowest BCUT2D eigenvalue weighted by atomic mass is 9.85. The second-order valence-corrected chi connectivity index (χ2v) is 20.4. The summed E-state index contributed by atoms with van der Waals surface area (Å²) in [4.78, 5) is 10.0. The molecule has 0 spiro atoms. The first kappa shape index (κ1) is 37.1. The van der Waals surface area contributed by atoms with Crippen molar-refractivity contribution in [2.24, 2.45) is 7.05 Å². The second kappa shape index (κ2) is 14.8. The number of rotatable bonds is 7. The number of hydrogen-bond donors (Lipinski definition) is 0. The Bertz CT molecular complexity index is 3450. The molecule has 0 amide bonds. The Labute approximate surface area is 366 Å². The van der Waals surface area contributed by atoms with E-state index in [1.54, 1.807) is 0 Å². The number of benzene rings is 8. The molecule has 0 radical (unpaired) electrons. The van der Waals surface area contributed by atoms with Crippen LogP contribution >= 0.6 is 0 Å². The average molecular weight is 829 g/mol. The number of imidazole rings is 1. The van der Waals surface area contributed by atoms with Crippen molar-refractivity contribution in [3.05, 3.63) is 246 Å². The standard InChI is InChI=1S/C57H41FN4Si/c1-61-51-30-14-12-27-48(51)60-57(61)40-19-17-18-38(34-40)56(58)39-31-32-53-46(35-39)55(49-28-15-16-33-59-49)47-36-45-44-26-11-13-29-50(44)62(41-20-5-2-6-21-41)52(45)37-54(47)63(53,42-22-7-3-8-23-42)43-24-9-4-10-25-43/h2-37,55-56H,1H3. The third-order valence-electron chi connectivity index (χ3n) is 13.3. The van der Waals surface area contributed by atoms with Gasteiger partial charge in [0, 0.05) is 35.3 Å². The molecule has 63 heavy (non-hydrogen) atoms. The molecule has 0 bridgehead atoms. The third-order valence-corrected chi connectivity index (χ3v) is 18.2. The molecule has 0 saturated heterocycles. The van der Waals surface area contributed by atoms with Crippen molar-refractivity contribution in [3.8, 4) is 17.1 Å². The first-order valence-electron chi connectivity index (χ1n) is 21.5. The Balaban J connectivity index is 1.15. The largest absolute Gasteiger partial charge is 0.327 e. The first-order valence-corrected chi connectivity index (χ1v) is 23.5. The van der Waals surface area contributed by atoms with Gasteiger partial charge in [0.25, 0.3) is 0 Å². The topological polar surface area (TPSA) is 35.6 Å². The molecule has 3 aromatic heterocycles. The summed E-state index contributed by atoms with van der Waals surface area (Å²) < 4.78 is 22.1. The maximum atomic E-state index is 17.6. The Hall–Kier alpha value is -7.67. The predicted octanol–water partition coefficient (Wildman–Crippen LogP) is 10.7. The van der Waals surface area contributed by atoms with Crippen molar-refractivity contribution in [1.29, 1.82) is 0 Å². The van der Waals surface area contributed by atoms with Gasteiger partial charge in [-0.2, -0.15) is 0 Å². The zero-order chi connectivity index (χ0) is 42.1. The van der Waals surface area contributed by atoms with E-state index in [0.717, 1.165) is 50.4 Å². The molecule has 0 fully saturated rings. The quantitative estimate of drug-likeness (QED) is 0.150. The van der Waals surface area contributed by atoms with Crippen LogP contribution in [0.5, 0.6) is 0 Å². The summed E-state index contributed by atoms with van der Waals surface area (Å²) in [6.07, 6.45) is 0.503. The van der Waals surface area contributed by atoms with Crippen molar-refractivity contribution in [3.63, 3.8) is 0 Å². The van der Waals surface area contributed by atoms with E-state index in [-0.39, 0.29) is 5.92 Å². The van der Waals surface area contributed by atoms with Crippen molar-refractivity contribution < 1.29 is 4.39 Å². The van der Waals surface area contributed by atoms with Gasteiger partial charge in [-0.3, -0.25) is 4.98 Å². The first-order chi connectivity index (χ1) is 31.1. The van der Waals surface area contributed by atoms with Crippen LogP contribution in [0.1, 0.15) is 40.0 Å². The lowest BCUT2D eigenvalue weighted by molar-refractivity contribution is 0.402. The Kier molecular flexibility index (Phi) is 8.69. The molecule has 1 aliphatic rings. The van der Waals surface area contributed by atoms with E-state index in [9.17, 15) is 0 Å². The molecule has 8 aromatic carbocycles. The molecule has 0 saturated carbocycles. The highest BCUT2D eigenvalue weighted by molar-refractivity contribution is 7.20. The Morgan fingerprint density at radius 3 is 1.90 bits per heavy atom. The lowest BCUT2D eigenvalue weighted by Gasteiger charge is -2.43. The Morgan fingerprint density at radius 2 is 1.17 bits per heavy atom. The predicted molar refractivity (Wildman–Crippen MR) is 259 cm³/mol. The maximum absolute atomic E-state index is 17.6. The summed E-state index contributed by atoms with van der Waals surface area (Å²) in [6, 6.07) is 75.0. The number of aryl methyl sites for hydroxylation is 1. The summed E-state index contributed by atoms with van der Waals surface area (Å²) in [5.41, 5.74) is 10.7. The lowest BCUT2D eigenvalue weighted by Crippen LogP contribution is -2.77. The van der Waals surface area contributed by atoms with Crippen molar-refractivity contribution in [1.82, 2.24) is 19.1 Å². The van der Waals surface area contributed by atoms with E-state index >= 15 is 4.39 Å². The van der Waals surface area contributed by atoms with Gasteiger partial charge in [-0.25, -0.2) is 9.37 Å². The number of alkyl halides is 1. The van der Waals surface area contributed by atoms with E-state index in [1.165, 1.54) is 37.1 Å². The summed E-state index contributed by atoms with van der Waals surface area (Å²) in [5.74, 6) is 0.551. The molecule has 0 aliphatic carbocycles. The highest BCUT2D eigenvalue weighted by atomic mass is 28.3. The third kappa shape index (κ3) is 5.72. The molecule has 0 N–H and O–H groups in total. The van der Waals surface area contributed by atoms with Gasteiger partial charge in [-0.05, 0) is 104 Å². The molecule has 6 heteroatoms. The van der Waals surface area contributed by atoms with Gasteiger partial charge in [0.1, 0.15) is 5.82 Å². The van der Waals surface area contributed by atoms with Gasteiger partial charge in [0.05, 0.1) is 33.7 Å². The van der Waals surface area contributed by atoms with Crippen LogP contribution in [0.25, 0.3) is 49.9 Å². The molecule has 300 valence electrons. The van der Waals surface area contributed by atoms with Gasteiger partial charge in [0.2, 0.25) is 0 Å². The Morgan fingerprint density at radius 1 is 0.524 bits per heavy atom. The number of nitrogens with zero attached hydrogens (tertiary/aromatic N) is 4. The zero-order valence-electron chi connectivity index (χ0n) is 34.6. The van der Waals surface area contributed by atoms with Crippen LogP contribution in [0.2, 0.25) is 0 Å². The minimum Gasteiger partial charge on any atom is -0.327 e. The van der Waals surface area contributed by atoms with Crippen LogP contribution in [-0.4, -0.2) is 27.2 Å². The van der Waals surface area contributed by atoms with Crippen LogP contribution in [-0.2, 0) is 7.05 Å². The number of fused-ring (bicyclic) bond motifs is 6. The van der Waals surface area contributed by atoms with Gasteiger partial charge in [-0.1, -0.05) is 152 Å². The summed E-state index contributed by atoms with van der Waals surface area (Å²) >= 11 is 0. The zero-order valence-corrected chi connectivity index (χ0v) is 35.6. The van der Waals surface area contributed by atoms with Crippen molar-refractivity contribution in [2.75, 3.05) is 0 Å². The monoisotopic (exact) mass is 828 g/mol. The van der Waals surface area contributed by atoms with E-state index in [4.69, 9.17) is 9.97 Å². The second-order valence-electron chi connectivity index (χ2n) is 16.6. The molecule has 2 unspecified atom stereocenters. The van der Waals surface area contributed by atoms with Gasteiger partial charge < -0.3 is 9.13 Å². The van der Waals surface area contributed by atoms with Crippen molar-refractivity contribution in [2.45, 2.75) is 12.1 Å². The molecule has 4 heterocycles. The number of para-hydroxylation sites is 4. The van der Waals surface area contributed by atoms with Crippen LogP contribution in [0.4, 0.5) is 4.39 Å². The summed E-state index contributed by atoms with van der Waals surface area (Å²) in [6.45, 7) is 0. The average Bonchev–Trinajstić information content (AvgIpc) is 3.87. The van der Waals surface area contributed by atoms with E-state index in [2.05, 4.69) is 167 Å². The van der Waals surface area contributed by atoms with Crippen LogP contribution < -0.4 is 20.7 Å².